The summed E-state index contributed by atoms with van der Waals surface area (Å²) < 4.78 is 65.9. The van der Waals surface area contributed by atoms with E-state index in [1.807, 2.05) is 43.3 Å². The zero-order chi connectivity index (χ0) is 25.0. The van der Waals surface area contributed by atoms with Crippen LogP contribution in [0.15, 0.2) is 66.5 Å². The standard InChI is InChI=1S/C30H33F5/c1-20-2-10-23(11-3-20)26-16-17-27(28(31)18-26)24-12-6-21(7-13-24)4-5-22-8-14-25(15-9-22)29(32)19-30(33,34)35/h2-5,10-11,16-19,21-22,24-25H,6-9,12-15H2,1H3/b5-4+,29-19-. The second-order valence-corrected chi connectivity index (χ2v) is 10.3. The Hall–Kier alpha value is -2.43. The van der Waals surface area contributed by atoms with Crippen molar-refractivity contribution < 1.29 is 22.0 Å². The van der Waals surface area contributed by atoms with Gasteiger partial charge in [-0.25, -0.2) is 8.78 Å². The maximum atomic E-state index is 15.0. The molecule has 0 heterocycles. The van der Waals surface area contributed by atoms with Crippen LogP contribution in [0.3, 0.4) is 0 Å². The minimum absolute atomic E-state index is 0.134. The number of alkyl halides is 3. The maximum Gasteiger partial charge on any atom is 0.412 e. The lowest BCUT2D eigenvalue weighted by Gasteiger charge is -2.29. The molecule has 4 rings (SSSR count). The fraction of sp³-hybridized carbons (Fsp3) is 0.467. The lowest BCUT2D eigenvalue weighted by molar-refractivity contribution is -0.0820. The predicted octanol–water partition coefficient (Wildman–Crippen LogP) is 9.85. The minimum atomic E-state index is -4.59. The molecular formula is C30H33F5. The van der Waals surface area contributed by atoms with Crippen LogP contribution in [0.4, 0.5) is 22.0 Å². The van der Waals surface area contributed by atoms with Crippen molar-refractivity contribution in [3.8, 4) is 11.1 Å². The van der Waals surface area contributed by atoms with Gasteiger partial charge < -0.3 is 0 Å². The molecule has 2 aromatic carbocycles. The van der Waals surface area contributed by atoms with Crippen molar-refractivity contribution in [1.82, 2.24) is 0 Å². The van der Waals surface area contributed by atoms with Crippen molar-refractivity contribution in [3.63, 3.8) is 0 Å². The van der Waals surface area contributed by atoms with Crippen molar-refractivity contribution in [2.75, 3.05) is 0 Å². The Bertz CT molecular complexity index is 1030. The molecule has 0 amide bonds. The quantitative estimate of drug-likeness (QED) is 0.290. The van der Waals surface area contributed by atoms with Gasteiger partial charge in [0.2, 0.25) is 0 Å². The number of benzene rings is 2. The van der Waals surface area contributed by atoms with E-state index >= 15 is 0 Å². The zero-order valence-corrected chi connectivity index (χ0v) is 20.1. The van der Waals surface area contributed by atoms with Crippen molar-refractivity contribution in [2.45, 2.75) is 70.4 Å². The van der Waals surface area contributed by atoms with Crippen LogP contribution in [0.25, 0.3) is 11.1 Å². The van der Waals surface area contributed by atoms with E-state index in [0.29, 0.717) is 37.5 Å². The first-order valence-corrected chi connectivity index (χ1v) is 12.7. The molecule has 5 heteroatoms. The lowest BCUT2D eigenvalue weighted by Crippen LogP contribution is -2.16. The largest absolute Gasteiger partial charge is 0.412 e. The van der Waals surface area contributed by atoms with Crippen LogP contribution in [-0.4, -0.2) is 6.18 Å². The highest BCUT2D eigenvalue weighted by atomic mass is 19.4. The van der Waals surface area contributed by atoms with E-state index in [0.717, 1.165) is 42.4 Å². The zero-order valence-electron chi connectivity index (χ0n) is 20.1. The summed E-state index contributed by atoms with van der Waals surface area (Å²) in [5.74, 6) is -0.798. The molecule has 0 aromatic heterocycles. The van der Waals surface area contributed by atoms with E-state index in [-0.39, 0.29) is 17.8 Å². The first-order valence-electron chi connectivity index (χ1n) is 12.7. The van der Waals surface area contributed by atoms with Gasteiger partial charge in [0, 0.05) is 5.92 Å². The average molecular weight is 489 g/mol. The summed E-state index contributed by atoms with van der Waals surface area (Å²) in [5.41, 5.74) is 3.89. The summed E-state index contributed by atoms with van der Waals surface area (Å²) in [6, 6.07) is 13.7. The molecule has 2 fully saturated rings. The highest BCUT2D eigenvalue weighted by Crippen LogP contribution is 2.40. The van der Waals surface area contributed by atoms with Gasteiger partial charge in [0.05, 0.1) is 6.08 Å². The van der Waals surface area contributed by atoms with Gasteiger partial charge in [-0.3, -0.25) is 0 Å². The van der Waals surface area contributed by atoms with Crippen LogP contribution >= 0.6 is 0 Å². The molecule has 0 aliphatic heterocycles. The van der Waals surface area contributed by atoms with Crippen molar-refractivity contribution in [1.29, 1.82) is 0 Å². The summed E-state index contributed by atoms with van der Waals surface area (Å²) in [6.45, 7) is 2.03. The summed E-state index contributed by atoms with van der Waals surface area (Å²) in [4.78, 5) is 0. The molecule has 2 saturated carbocycles. The second kappa shape index (κ2) is 11.1. The third kappa shape index (κ3) is 7.05. The third-order valence-corrected chi connectivity index (χ3v) is 7.72. The monoisotopic (exact) mass is 488 g/mol. The molecule has 0 atom stereocenters. The average Bonchev–Trinajstić information content (AvgIpc) is 2.83. The molecule has 188 valence electrons. The van der Waals surface area contributed by atoms with Gasteiger partial charge in [-0.15, -0.1) is 0 Å². The van der Waals surface area contributed by atoms with E-state index in [9.17, 15) is 22.0 Å². The number of halogens is 5. The van der Waals surface area contributed by atoms with Crippen LogP contribution in [0, 0.1) is 30.5 Å². The van der Waals surface area contributed by atoms with Gasteiger partial charge in [0.15, 0.2) is 0 Å². The highest BCUT2D eigenvalue weighted by Gasteiger charge is 2.30. The van der Waals surface area contributed by atoms with Gasteiger partial charge >= 0.3 is 6.18 Å². The van der Waals surface area contributed by atoms with Crippen LogP contribution in [0.5, 0.6) is 0 Å². The van der Waals surface area contributed by atoms with E-state index in [2.05, 4.69) is 12.2 Å². The molecular weight excluding hydrogens is 455 g/mol. The van der Waals surface area contributed by atoms with E-state index in [4.69, 9.17) is 0 Å². The molecule has 0 saturated heterocycles. The SMILES string of the molecule is Cc1ccc(-c2ccc(C3CCC(/C=C/C4CCC(/C(F)=C/C(F)(F)F)CC4)CC3)c(F)c2)cc1. The summed E-state index contributed by atoms with van der Waals surface area (Å²) >= 11 is 0. The van der Waals surface area contributed by atoms with E-state index < -0.39 is 17.9 Å². The number of allylic oxidation sites excluding steroid dienone is 4. The van der Waals surface area contributed by atoms with Crippen molar-refractivity contribution in [3.05, 3.63) is 83.5 Å². The molecule has 2 aromatic rings. The fourth-order valence-electron chi connectivity index (χ4n) is 5.58. The predicted molar refractivity (Wildman–Crippen MR) is 131 cm³/mol. The number of hydrogen-bond acceptors (Lipinski definition) is 0. The molecule has 35 heavy (non-hydrogen) atoms. The molecule has 0 nitrogen and oxygen atoms in total. The van der Waals surface area contributed by atoms with Gasteiger partial charge in [0.25, 0.3) is 0 Å². The van der Waals surface area contributed by atoms with Crippen LogP contribution in [0.2, 0.25) is 0 Å². The topological polar surface area (TPSA) is 0 Å². The number of aryl methyl sites for hydroxylation is 1. The Balaban J connectivity index is 1.26. The molecule has 0 spiro atoms. The van der Waals surface area contributed by atoms with Crippen LogP contribution < -0.4 is 0 Å². The van der Waals surface area contributed by atoms with E-state index in [1.54, 1.807) is 6.07 Å². The Kier molecular flexibility index (Phi) is 8.13. The van der Waals surface area contributed by atoms with Gasteiger partial charge in [0.1, 0.15) is 11.6 Å². The van der Waals surface area contributed by atoms with Crippen LogP contribution in [-0.2, 0) is 0 Å². The first-order chi connectivity index (χ1) is 16.7. The normalized spacial score (nSPS) is 26.3. The Morgan fingerprint density at radius 1 is 0.771 bits per heavy atom. The molecule has 2 aliphatic carbocycles. The van der Waals surface area contributed by atoms with Crippen molar-refractivity contribution >= 4 is 0 Å². The van der Waals surface area contributed by atoms with E-state index in [1.165, 1.54) is 5.56 Å². The third-order valence-electron chi connectivity index (χ3n) is 7.72. The summed E-state index contributed by atoms with van der Waals surface area (Å²) in [7, 11) is 0. The Morgan fingerprint density at radius 2 is 1.31 bits per heavy atom. The number of hydrogen-bond donors (Lipinski definition) is 0. The highest BCUT2D eigenvalue weighted by molar-refractivity contribution is 5.64. The smallest absolute Gasteiger partial charge is 0.212 e. The Labute approximate surface area is 204 Å². The first kappa shape index (κ1) is 25.7. The second-order valence-electron chi connectivity index (χ2n) is 10.3. The lowest BCUT2D eigenvalue weighted by atomic mass is 9.77. The summed E-state index contributed by atoms with van der Waals surface area (Å²) in [5, 5.41) is 0. The summed E-state index contributed by atoms with van der Waals surface area (Å²) in [6.07, 6.45) is 5.86. The molecule has 0 unspecified atom stereocenters. The molecule has 0 radical (unpaired) electrons. The molecule has 2 aliphatic rings. The fourth-order valence-corrected chi connectivity index (χ4v) is 5.58. The minimum Gasteiger partial charge on any atom is -0.212 e. The van der Waals surface area contributed by atoms with Gasteiger partial charge in [-0.1, -0.05) is 54.1 Å². The van der Waals surface area contributed by atoms with Gasteiger partial charge in [-0.05, 0) is 98.8 Å². The van der Waals surface area contributed by atoms with Gasteiger partial charge in [-0.2, -0.15) is 13.2 Å². The van der Waals surface area contributed by atoms with Crippen molar-refractivity contribution in [2.24, 2.45) is 17.8 Å². The molecule has 0 N–H and O–H groups in total. The van der Waals surface area contributed by atoms with Crippen LogP contribution in [0.1, 0.15) is 68.4 Å². The Morgan fingerprint density at radius 3 is 1.86 bits per heavy atom. The number of rotatable bonds is 5. The maximum absolute atomic E-state index is 15.0. The molecule has 0 bridgehead atoms.